The van der Waals surface area contributed by atoms with Gasteiger partial charge in [0.15, 0.2) is 0 Å². The number of hydrogen-bond acceptors (Lipinski definition) is 2. The molecule has 4 heteroatoms. The van der Waals surface area contributed by atoms with Gasteiger partial charge in [0.05, 0.1) is 0 Å². The van der Waals surface area contributed by atoms with Gasteiger partial charge < -0.3 is 10.4 Å². The van der Waals surface area contributed by atoms with Gasteiger partial charge in [-0.15, -0.1) is 0 Å². The van der Waals surface area contributed by atoms with Gasteiger partial charge in [-0.05, 0) is 31.1 Å². The van der Waals surface area contributed by atoms with Crippen LogP contribution in [0.4, 0.5) is 0 Å². The summed E-state index contributed by atoms with van der Waals surface area (Å²) in [6.07, 6.45) is 19.4. The summed E-state index contributed by atoms with van der Waals surface area (Å²) in [6, 6.07) is 0. The van der Waals surface area contributed by atoms with Crippen molar-refractivity contribution >= 4 is 11.9 Å². The summed E-state index contributed by atoms with van der Waals surface area (Å²) in [7, 11) is 0. The zero-order valence-corrected chi connectivity index (χ0v) is 18.5. The minimum atomic E-state index is -1.01. The number of amides is 1. The monoisotopic (exact) mass is 403 g/mol. The third-order valence-corrected chi connectivity index (χ3v) is 4.79. The fourth-order valence-electron chi connectivity index (χ4n) is 3.03. The summed E-state index contributed by atoms with van der Waals surface area (Å²) in [5.74, 6) is 11.0. The summed E-state index contributed by atoms with van der Waals surface area (Å²) in [4.78, 5) is 21.7. The maximum atomic E-state index is 11.3. The second-order valence-electron chi connectivity index (χ2n) is 7.62. The molecular formula is C25H41NO3. The minimum Gasteiger partial charge on any atom is -0.480 e. The van der Waals surface area contributed by atoms with E-state index < -0.39 is 5.97 Å². The molecule has 0 saturated carbocycles. The molecule has 0 spiro atoms. The quantitative estimate of drug-likeness (QED) is 0.223. The first kappa shape index (κ1) is 27.1. The Labute approximate surface area is 178 Å². The number of hydrogen-bond donors (Lipinski definition) is 2. The lowest BCUT2D eigenvalue weighted by atomic mass is 10.1. The van der Waals surface area contributed by atoms with Crippen molar-refractivity contribution in [1.82, 2.24) is 5.32 Å². The summed E-state index contributed by atoms with van der Waals surface area (Å²) in [6.45, 7) is 1.97. The summed E-state index contributed by atoms with van der Waals surface area (Å²) >= 11 is 0. The van der Waals surface area contributed by atoms with Crippen LogP contribution in [-0.4, -0.2) is 23.5 Å². The Morgan fingerprint density at radius 2 is 1.14 bits per heavy atom. The summed E-state index contributed by atoms with van der Waals surface area (Å²) in [5.41, 5.74) is 0. The lowest BCUT2D eigenvalue weighted by molar-refractivity contribution is -0.137. The maximum absolute atomic E-state index is 11.3. The van der Waals surface area contributed by atoms with Crippen molar-refractivity contribution in [3.8, 4) is 23.7 Å². The summed E-state index contributed by atoms with van der Waals surface area (Å²) in [5, 5.41) is 10.8. The van der Waals surface area contributed by atoms with Gasteiger partial charge in [-0.2, -0.15) is 0 Å². The Morgan fingerprint density at radius 3 is 1.62 bits per heavy atom. The number of aliphatic carboxylic acids is 1. The van der Waals surface area contributed by atoms with E-state index in [4.69, 9.17) is 5.11 Å². The standard InChI is InChI=1S/C25H41NO3/c1-2-3-4-5-6-7-8-9-10-11-12-13-14-15-16-17-18-19-20-21-22-24(27)26-23-25(28)29/h2-11,16-23H2,1H3,(H,26,27)(H,28,29). The number of carboxylic acids is 1. The molecule has 0 radical (unpaired) electrons. The van der Waals surface area contributed by atoms with Gasteiger partial charge in [-0.25, -0.2) is 0 Å². The molecule has 164 valence electrons. The molecule has 0 rings (SSSR count). The molecule has 0 saturated heterocycles. The zero-order valence-electron chi connectivity index (χ0n) is 18.5. The van der Waals surface area contributed by atoms with Crippen molar-refractivity contribution < 1.29 is 14.7 Å². The van der Waals surface area contributed by atoms with E-state index >= 15 is 0 Å². The van der Waals surface area contributed by atoms with Crippen LogP contribution in [0.15, 0.2) is 0 Å². The van der Waals surface area contributed by atoms with Crippen molar-refractivity contribution in [2.45, 2.75) is 116 Å². The summed E-state index contributed by atoms with van der Waals surface area (Å²) < 4.78 is 0. The molecule has 0 unspecified atom stereocenters. The molecule has 0 aliphatic heterocycles. The largest absolute Gasteiger partial charge is 0.480 e. The normalized spacial score (nSPS) is 9.83. The zero-order chi connectivity index (χ0) is 21.4. The molecule has 29 heavy (non-hydrogen) atoms. The van der Waals surface area contributed by atoms with E-state index in [0.29, 0.717) is 6.42 Å². The number of carbonyl (C=O) groups excluding carboxylic acids is 1. The van der Waals surface area contributed by atoms with Gasteiger partial charge in [-0.1, -0.05) is 89.4 Å². The van der Waals surface area contributed by atoms with E-state index in [1.807, 2.05) is 0 Å². The Hall–Kier alpha value is -1.94. The molecule has 0 aromatic heterocycles. The first-order valence-corrected chi connectivity index (χ1v) is 11.6. The highest BCUT2D eigenvalue weighted by atomic mass is 16.4. The van der Waals surface area contributed by atoms with Crippen LogP contribution in [-0.2, 0) is 9.59 Å². The average Bonchev–Trinajstić information content (AvgIpc) is 2.70. The number of carbonyl (C=O) groups is 2. The van der Waals surface area contributed by atoms with Crippen molar-refractivity contribution in [3.63, 3.8) is 0 Å². The fraction of sp³-hybridized carbons (Fsp3) is 0.760. The van der Waals surface area contributed by atoms with Gasteiger partial charge in [0.1, 0.15) is 6.54 Å². The molecular weight excluding hydrogens is 362 g/mol. The van der Waals surface area contributed by atoms with Crippen molar-refractivity contribution in [1.29, 1.82) is 0 Å². The Balaban J connectivity index is 3.34. The van der Waals surface area contributed by atoms with Gasteiger partial charge in [-0.3, -0.25) is 9.59 Å². The lowest BCUT2D eigenvalue weighted by Crippen LogP contribution is -2.28. The molecule has 0 aliphatic carbocycles. The Kier molecular flexibility index (Phi) is 20.9. The fourth-order valence-corrected chi connectivity index (χ4v) is 3.03. The lowest BCUT2D eigenvalue weighted by Gasteiger charge is -2.02. The van der Waals surface area contributed by atoms with Crippen LogP contribution in [0, 0.1) is 23.7 Å². The van der Waals surface area contributed by atoms with Gasteiger partial charge in [0.25, 0.3) is 0 Å². The molecule has 0 aromatic carbocycles. The maximum Gasteiger partial charge on any atom is 0.322 e. The van der Waals surface area contributed by atoms with Crippen LogP contribution in [0.25, 0.3) is 0 Å². The molecule has 0 bridgehead atoms. The molecule has 4 nitrogen and oxygen atoms in total. The van der Waals surface area contributed by atoms with E-state index in [1.165, 1.54) is 57.8 Å². The van der Waals surface area contributed by atoms with Crippen LogP contribution >= 0.6 is 0 Å². The van der Waals surface area contributed by atoms with E-state index in [9.17, 15) is 9.59 Å². The molecule has 0 aromatic rings. The van der Waals surface area contributed by atoms with E-state index in [2.05, 4.69) is 35.9 Å². The smallest absolute Gasteiger partial charge is 0.322 e. The van der Waals surface area contributed by atoms with E-state index in [1.54, 1.807) is 0 Å². The molecule has 0 fully saturated rings. The van der Waals surface area contributed by atoms with Crippen molar-refractivity contribution in [2.75, 3.05) is 6.54 Å². The minimum absolute atomic E-state index is 0.181. The topological polar surface area (TPSA) is 66.4 Å². The van der Waals surface area contributed by atoms with Crippen LogP contribution in [0.5, 0.6) is 0 Å². The van der Waals surface area contributed by atoms with Gasteiger partial charge >= 0.3 is 5.97 Å². The molecule has 1 amide bonds. The third kappa shape index (κ3) is 24.0. The molecule has 0 heterocycles. The highest BCUT2D eigenvalue weighted by molar-refractivity contribution is 5.80. The third-order valence-electron chi connectivity index (χ3n) is 4.79. The SMILES string of the molecule is CCCCCCCCCCCC#CC#CCCCCCCCC(=O)NCC(=O)O. The number of nitrogens with one attached hydrogen (secondary N) is 1. The van der Waals surface area contributed by atoms with Crippen LogP contribution in [0.3, 0.4) is 0 Å². The van der Waals surface area contributed by atoms with Gasteiger partial charge in [0.2, 0.25) is 5.91 Å². The predicted octanol–water partition coefficient (Wildman–Crippen LogP) is 5.85. The van der Waals surface area contributed by atoms with E-state index in [-0.39, 0.29) is 12.5 Å². The van der Waals surface area contributed by atoms with Crippen LogP contribution < -0.4 is 5.32 Å². The van der Waals surface area contributed by atoms with E-state index in [0.717, 1.165) is 44.9 Å². The van der Waals surface area contributed by atoms with Crippen molar-refractivity contribution in [2.24, 2.45) is 0 Å². The Bertz CT molecular complexity index is 534. The average molecular weight is 404 g/mol. The number of rotatable bonds is 18. The molecule has 0 aliphatic rings. The molecule has 2 N–H and O–H groups in total. The second-order valence-corrected chi connectivity index (χ2v) is 7.62. The molecule has 0 atom stereocenters. The van der Waals surface area contributed by atoms with Gasteiger partial charge in [0, 0.05) is 19.3 Å². The number of carboxylic acid groups (broad SMARTS) is 1. The first-order chi connectivity index (χ1) is 14.2. The predicted molar refractivity (Wildman–Crippen MR) is 120 cm³/mol. The van der Waals surface area contributed by atoms with Crippen LogP contribution in [0.2, 0.25) is 0 Å². The second kappa shape index (κ2) is 22.4. The highest BCUT2D eigenvalue weighted by Crippen LogP contribution is 2.10. The first-order valence-electron chi connectivity index (χ1n) is 11.6. The number of unbranched alkanes of at least 4 members (excludes halogenated alkanes) is 14. The van der Waals surface area contributed by atoms with Crippen LogP contribution in [0.1, 0.15) is 116 Å². The Morgan fingerprint density at radius 1 is 0.690 bits per heavy atom. The highest BCUT2D eigenvalue weighted by Gasteiger charge is 2.02. The van der Waals surface area contributed by atoms with Crippen molar-refractivity contribution in [3.05, 3.63) is 0 Å².